The van der Waals surface area contributed by atoms with Gasteiger partial charge in [0, 0.05) is 25.7 Å². The maximum Gasteiger partial charge on any atom is 0.451 e. The van der Waals surface area contributed by atoms with Crippen LogP contribution < -0.4 is 10.2 Å². The van der Waals surface area contributed by atoms with Gasteiger partial charge in [0.05, 0.1) is 6.10 Å². The molecule has 20 heavy (non-hydrogen) atoms. The number of alkyl halides is 3. The minimum absolute atomic E-state index is 0.158. The first-order valence-electron chi connectivity index (χ1n) is 6.53. The van der Waals surface area contributed by atoms with Gasteiger partial charge in [-0.2, -0.15) is 13.2 Å². The highest BCUT2D eigenvalue weighted by Gasteiger charge is 2.36. The lowest BCUT2D eigenvalue weighted by Crippen LogP contribution is -2.24. The Labute approximate surface area is 114 Å². The molecular weight excluding hydrogens is 273 g/mol. The molecular formula is C12H17F3N4O. The Morgan fingerprint density at radius 3 is 2.75 bits per heavy atom. The molecule has 1 aromatic heterocycles. The van der Waals surface area contributed by atoms with E-state index in [1.54, 1.807) is 4.90 Å². The van der Waals surface area contributed by atoms with E-state index in [1.807, 2.05) is 6.92 Å². The van der Waals surface area contributed by atoms with Gasteiger partial charge in [-0.15, -0.1) is 0 Å². The molecule has 0 amide bonds. The molecule has 1 unspecified atom stereocenters. The molecule has 0 aromatic carbocycles. The summed E-state index contributed by atoms with van der Waals surface area (Å²) in [6.45, 7) is 3.23. The molecule has 0 saturated carbocycles. The Kier molecular flexibility index (Phi) is 4.32. The summed E-state index contributed by atoms with van der Waals surface area (Å²) in [6, 6.07) is 1.49. The van der Waals surface area contributed by atoms with Crippen LogP contribution in [0.5, 0.6) is 0 Å². The van der Waals surface area contributed by atoms with Crippen LogP contribution in [0, 0.1) is 0 Å². The number of anilines is 2. The molecule has 1 saturated heterocycles. The summed E-state index contributed by atoms with van der Waals surface area (Å²) in [7, 11) is 0. The fourth-order valence-electron chi connectivity index (χ4n) is 2.02. The Bertz CT molecular complexity index is 467. The lowest BCUT2D eigenvalue weighted by Gasteiger charge is -2.19. The van der Waals surface area contributed by atoms with Gasteiger partial charge in [0.15, 0.2) is 0 Å². The monoisotopic (exact) mass is 290 g/mol. The average molecular weight is 290 g/mol. The molecule has 1 fully saturated rings. The summed E-state index contributed by atoms with van der Waals surface area (Å²) in [4.78, 5) is 8.70. The normalized spacial score (nSPS) is 19.4. The van der Waals surface area contributed by atoms with Crippen molar-refractivity contribution in [3.8, 4) is 0 Å². The molecule has 1 aliphatic heterocycles. The maximum absolute atomic E-state index is 12.8. The molecule has 0 bridgehead atoms. The van der Waals surface area contributed by atoms with Crippen molar-refractivity contribution in [1.82, 2.24) is 9.97 Å². The van der Waals surface area contributed by atoms with Crippen LogP contribution in [0.1, 0.15) is 25.6 Å². The first-order chi connectivity index (χ1) is 9.40. The van der Waals surface area contributed by atoms with E-state index >= 15 is 0 Å². The zero-order valence-corrected chi connectivity index (χ0v) is 11.1. The van der Waals surface area contributed by atoms with Gasteiger partial charge in [-0.1, -0.05) is 6.92 Å². The molecule has 1 aliphatic rings. The number of nitrogens with one attached hydrogen (secondary N) is 1. The van der Waals surface area contributed by atoms with Gasteiger partial charge in [0.2, 0.25) is 5.82 Å². The summed E-state index contributed by atoms with van der Waals surface area (Å²) in [5.41, 5.74) is 0. The average Bonchev–Trinajstić information content (AvgIpc) is 2.82. The Morgan fingerprint density at radius 2 is 2.20 bits per heavy atom. The van der Waals surface area contributed by atoms with Gasteiger partial charge in [0.25, 0.3) is 0 Å². The first-order valence-corrected chi connectivity index (χ1v) is 6.53. The Balaban J connectivity index is 2.30. The van der Waals surface area contributed by atoms with E-state index in [-0.39, 0.29) is 11.6 Å². The molecule has 2 N–H and O–H groups in total. The van der Waals surface area contributed by atoms with Gasteiger partial charge in [-0.3, -0.25) is 0 Å². The molecule has 1 atom stereocenters. The number of β-amino-alcohol motifs (C(OH)–C–C–N with tert-alkyl or cyclic N) is 1. The number of nitrogens with zero attached hydrogens (tertiary/aromatic N) is 3. The number of hydrogen-bond donors (Lipinski definition) is 2. The van der Waals surface area contributed by atoms with Crippen LogP contribution in [-0.4, -0.2) is 40.8 Å². The van der Waals surface area contributed by atoms with Crippen LogP contribution in [0.15, 0.2) is 6.07 Å². The molecule has 2 rings (SSSR count). The predicted molar refractivity (Wildman–Crippen MR) is 68.7 cm³/mol. The Hall–Kier alpha value is -1.57. The summed E-state index contributed by atoms with van der Waals surface area (Å²) < 4.78 is 38.4. The van der Waals surface area contributed by atoms with Crippen LogP contribution >= 0.6 is 0 Å². The maximum atomic E-state index is 12.8. The molecule has 0 radical (unpaired) electrons. The van der Waals surface area contributed by atoms with Crippen LogP contribution in [0.4, 0.5) is 24.8 Å². The van der Waals surface area contributed by atoms with Crippen molar-refractivity contribution in [1.29, 1.82) is 0 Å². The van der Waals surface area contributed by atoms with Gasteiger partial charge in [0.1, 0.15) is 11.6 Å². The van der Waals surface area contributed by atoms with E-state index in [1.165, 1.54) is 6.07 Å². The fraction of sp³-hybridized carbons (Fsp3) is 0.667. The zero-order chi connectivity index (χ0) is 14.8. The minimum Gasteiger partial charge on any atom is -0.391 e. The third-order valence-corrected chi connectivity index (χ3v) is 3.01. The number of rotatable bonds is 4. The van der Waals surface area contributed by atoms with Crippen LogP contribution in [-0.2, 0) is 6.18 Å². The lowest BCUT2D eigenvalue weighted by atomic mass is 10.3. The van der Waals surface area contributed by atoms with Crippen molar-refractivity contribution in [2.75, 3.05) is 29.9 Å². The largest absolute Gasteiger partial charge is 0.451 e. The van der Waals surface area contributed by atoms with Crippen LogP contribution in [0.25, 0.3) is 0 Å². The van der Waals surface area contributed by atoms with E-state index in [4.69, 9.17) is 0 Å². The summed E-state index contributed by atoms with van der Waals surface area (Å²) >= 11 is 0. The SMILES string of the molecule is CCCNc1cc(N2CCC(O)C2)nc(C(F)(F)F)n1. The van der Waals surface area contributed by atoms with E-state index in [2.05, 4.69) is 15.3 Å². The molecule has 112 valence electrons. The third-order valence-electron chi connectivity index (χ3n) is 3.01. The van der Waals surface area contributed by atoms with Crippen molar-refractivity contribution >= 4 is 11.6 Å². The topological polar surface area (TPSA) is 61.3 Å². The standard InChI is InChI=1S/C12H17F3N4O/c1-2-4-16-9-6-10(19-5-3-8(20)7-19)18-11(17-9)12(13,14)15/h6,8,20H,2-5,7H2,1H3,(H,16,17,18). The second kappa shape index (κ2) is 5.82. The smallest absolute Gasteiger partial charge is 0.391 e. The molecule has 2 heterocycles. The van der Waals surface area contributed by atoms with Crippen molar-refractivity contribution in [2.45, 2.75) is 32.0 Å². The second-order valence-electron chi connectivity index (χ2n) is 4.75. The van der Waals surface area contributed by atoms with Crippen molar-refractivity contribution in [3.63, 3.8) is 0 Å². The molecule has 5 nitrogen and oxygen atoms in total. The second-order valence-corrected chi connectivity index (χ2v) is 4.75. The van der Waals surface area contributed by atoms with Gasteiger partial charge < -0.3 is 15.3 Å². The number of aliphatic hydroxyl groups is 1. The van der Waals surface area contributed by atoms with Crippen molar-refractivity contribution in [3.05, 3.63) is 11.9 Å². The number of halogens is 3. The highest BCUT2D eigenvalue weighted by Crippen LogP contribution is 2.30. The Morgan fingerprint density at radius 1 is 1.45 bits per heavy atom. The number of aliphatic hydroxyl groups excluding tert-OH is 1. The molecule has 1 aromatic rings. The number of aromatic nitrogens is 2. The quantitative estimate of drug-likeness (QED) is 0.886. The highest BCUT2D eigenvalue weighted by molar-refractivity contribution is 5.50. The van der Waals surface area contributed by atoms with Crippen molar-refractivity contribution in [2.24, 2.45) is 0 Å². The van der Waals surface area contributed by atoms with Gasteiger partial charge >= 0.3 is 6.18 Å². The van der Waals surface area contributed by atoms with Gasteiger partial charge in [-0.25, -0.2) is 9.97 Å². The van der Waals surface area contributed by atoms with Crippen LogP contribution in [0.2, 0.25) is 0 Å². The third kappa shape index (κ3) is 3.50. The fourth-order valence-corrected chi connectivity index (χ4v) is 2.02. The zero-order valence-electron chi connectivity index (χ0n) is 11.1. The van der Waals surface area contributed by atoms with E-state index in [9.17, 15) is 18.3 Å². The highest BCUT2D eigenvalue weighted by atomic mass is 19.4. The van der Waals surface area contributed by atoms with E-state index < -0.39 is 18.1 Å². The summed E-state index contributed by atoms with van der Waals surface area (Å²) in [5.74, 6) is -0.803. The first kappa shape index (κ1) is 14.8. The van der Waals surface area contributed by atoms with E-state index in [0.29, 0.717) is 26.1 Å². The lowest BCUT2D eigenvalue weighted by molar-refractivity contribution is -0.144. The summed E-state index contributed by atoms with van der Waals surface area (Å²) in [5, 5.41) is 12.3. The van der Waals surface area contributed by atoms with Crippen LogP contribution in [0.3, 0.4) is 0 Å². The van der Waals surface area contributed by atoms with Gasteiger partial charge in [-0.05, 0) is 12.8 Å². The van der Waals surface area contributed by atoms with Crippen molar-refractivity contribution < 1.29 is 18.3 Å². The molecule has 0 spiro atoms. The predicted octanol–water partition coefficient (Wildman–Crippen LogP) is 1.89. The minimum atomic E-state index is -4.59. The number of hydrogen-bond acceptors (Lipinski definition) is 5. The molecule has 8 heteroatoms. The molecule has 0 aliphatic carbocycles. The summed E-state index contributed by atoms with van der Waals surface area (Å²) in [6.07, 6.45) is -3.80. The van der Waals surface area contributed by atoms with E-state index in [0.717, 1.165) is 6.42 Å².